The first-order chi connectivity index (χ1) is 6.48. The number of guanidine groups is 1. The Morgan fingerprint density at radius 2 is 2.21 bits per heavy atom. The van der Waals surface area contributed by atoms with Crippen LogP contribution < -0.4 is 5.32 Å². The predicted octanol–water partition coefficient (Wildman–Crippen LogP) is 1.45. The molecule has 0 spiro atoms. The first-order valence-electron chi connectivity index (χ1n) is 5.59. The Morgan fingerprint density at radius 3 is 2.86 bits per heavy atom. The van der Waals surface area contributed by atoms with E-state index in [4.69, 9.17) is 4.99 Å². The third kappa shape index (κ3) is 1.72. The van der Waals surface area contributed by atoms with E-state index in [0.717, 1.165) is 19.0 Å². The summed E-state index contributed by atoms with van der Waals surface area (Å²) in [6.07, 6.45) is 1.21. The highest BCUT2D eigenvalue weighted by molar-refractivity contribution is 5.83. The summed E-state index contributed by atoms with van der Waals surface area (Å²) in [5.41, 5.74) is 0.223. The zero-order valence-corrected chi connectivity index (χ0v) is 9.67. The highest BCUT2D eigenvalue weighted by Crippen LogP contribution is 2.22. The minimum atomic E-state index is 0.223. The van der Waals surface area contributed by atoms with E-state index in [0.29, 0.717) is 12.0 Å². The predicted molar refractivity (Wildman–Crippen MR) is 59.5 cm³/mol. The van der Waals surface area contributed by atoms with E-state index in [1.807, 2.05) is 0 Å². The van der Waals surface area contributed by atoms with Crippen molar-refractivity contribution in [1.82, 2.24) is 10.2 Å². The largest absolute Gasteiger partial charge is 0.351 e. The average Bonchev–Trinajstić information content (AvgIpc) is 2.45. The fourth-order valence-corrected chi connectivity index (χ4v) is 2.04. The quantitative estimate of drug-likeness (QED) is 0.686. The molecule has 1 fully saturated rings. The fraction of sp³-hybridized carbons (Fsp3) is 0.909. The second kappa shape index (κ2) is 3.14. The number of nitrogens with zero attached hydrogens (tertiary/aromatic N) is 2. The molecule has 14 heavy (non-hydrogen) atoms. The van der Waals surface area contributed by atoms with Gasteiger partial charge in [0.25, 0.3) is 0 Å². The smallest absolute Gasteiger partial charge is 0.194 e. The van der Waals surface area contributed by atoms with Gasteiger partial charge in [-0.3, -0.25) is 0 Å². The second-order valence-electron chi connectivity index (χ2n) is 5.47. The van der Waals surface area contributed by atoms with E-state index >= 15 is 0 Å². The number of fused-ring (bicyclic) bond motifs is 1. The lowest BCUT2D eigenvalue weighted by Gasteiger charge is -2.38. The average molecular weight is 195 g/mol. The van der Waals surface area contributed by atoms with Crippen molar-refractivity contribution >= 4 is 5.96 Å². The van der Waals surface area contributed by atoms with Crippen molar-refractivity contribution in [3.05, 3.63) is 0 Å². The number of rotatable bonds is 1. The van der Waals surface area contributed by atoms with E-state index in [1.54, 1.807) is 0 Å². The molecule has 80 valence electrons. The maximum Gasteiger partial charge on any atom is 0.194 e. The van der Waals surface area contributed by atoms with Crippen molar-refractivity contribution in [2.24, 2.45) is 10.9 Å². The molecule has 2 aliphatic heterocycles. The van der Waals surface area contributed by atoms with E-state index in [-0.39, 0.29) is 5.54 Å². The molecule has 0 aromatic heterocycles. The topological polar surface area (TPSA) is 27.6 Å². The number of hydrogen-bond acceptors (Lipinski definition) is 3. The molecule has 0 amide bonds. The maximum atomic E-state index is 4.74. The summed E-state index contributed by atoms with van der Waals surface area (Å²) in [7, 11) is 0. The number of hydrogen-bond donors (Lipinski definition) is 1. The molecule has 1 unspecified atom stereocenters. The van der Waals surface area contributed by atoms with Gasteiger partial charge in [-0.05, 0) is 26.2 Å². The van der Waals surface area contributed by atoms with E-state index in [1.165, 1.54) is 6.42 Å². The van der Waals surface area contributed by atoms with E-state index in [2.05, 4.69) is 37.9 Å². The van der Waals surface area contributed by atoms with Crippen LogP contribution in [0, 0.1) is 5.92 Å². The van der Waals surface area contributed by atoms with Crippen molar-refractivity contribution in [3.63, 3.8) is 0 Å². The summed E-state index contributed by atoms with van der Waals surface area (Å²) in [5, 5.41) is 3.52. The SMILES string of the molecule is CC(C)C1CN2CCC(C)(C)NC2=N1. The fourth-order valence-electron chi connectivity index (χ4n) is 2.04. The molecule has 3 nitrogen and oxygen atoms in total. The van der Waals surface area contributed by atoms with Gasteiger partial charge >= 0.3 is 0 Å². The summed E-state index contributed by atoms with van der Waals surface area (Å²) in [4.78, 5) is 7.12. The molecular formula is C11H21N3. The van der Waals surface area contributed by atoms with Crippen LogP contribution in [0.3, 0.4) is 0 Å². The first kappa shape index (κ1) is 9.81. The molecule has 2 heterocycles. The van der Waals surface area contributed by atoms with Crippen molar-refractivity contribution in [3.8, 4) is 0 Å². The Bertz CT molecular complexity index is 255. The van der Waals surface area contributed by atoms with Crippen LogP contribution in [0.15, 0.2) is 4.99 Å². The van der Waals surface area contributed by atoms with Gasteiger partial charge < -0.3 is 10.2 Å². The number of aliphatic imine (C=N–C) groups is 1. The lowest BCUT2D eigenvalue weighted by Crippen LogP contribution is -2.56. The molecule has 1 saturated heterocycles. The third-order valence-electron chi connectivity index (χ3n) is 3.22. The first-order valence-corrected chi connectivity index (χ1v) is 5.59. The van der Waals surface area contributed by atoms with E-state index < -0.39 is 0 Å². The van der Waals surface area contributed by atoms with Crippen molar-refractivity contribution in [1.29, 1.82) is 0 Å². The van der Waals surface area contributed by atoms with E-state index in [9.17, 15) is 0 Å². The maximum absolute atomic E-state index is 4.74. The van der Waals surface area contributed by atoms with Crippen LogP contribution in [0.5, 0.6) is 0 Å². The van der Waals surface area contributed by atoms with Crippen LogP contribution in [0.25, 0.3) is 0 Å². The van der Waals surface area contributed by atoms with Gasteiger partial charge in [0, 0.05) is 18.6 Å². The molecule has 0 aromatic carbocycles. The Balaban J connectivity index is 2.09. The highest BCUT2D eigenvalue weighted by Gasteiger charge is 2.34. The molecule has 1 N–H and O–H groups in total. The standard InChI is InChI=1S/C11H21N3/c1-8(2)9-7-14-6-5-11(3,4)13-10(14)12-9/h8-9H,5-7H2,1-4H3,(H,12,13). The van der Waals surface area contributed by atoms with Gasteiger partial charge in [-0.25, -0.2) is 4.99 Å². The molecule has 2 rings (SSSR count). The van der Waals surface area contributed by atoms with Gasteiger partial charge in [0.2, 0.25) is 0 Å². The Kier molecular flexibility index (Phi) is 2.20. The molecule has 0 bridgehead atoms. The van der Waals surface area contributed by atoms with Crippen LogP contribution in [0.2, 0.25) is 0 Å². The Hall–Kier alpha value is -0.730. The number of nitrogens with one attached hydrogen (secondary N) is 1. The monoisotopic (exact) mass is 195 g/mol. The summed E-state index contributed by atoms with van der Waals surface area (Å²) >= 11 is 0. The zero-order chi connectivity index (χ0) is 10.3. The lowest BCUT2D eigenvalue weighted by molar-refractivity contribution is 0.278. The normalized spacial score (nSPS) is 29.9. The highest BCUT2D eigenvalue weighted by atomic mass is 15.4. The molecule has 0 saturated carbocycles. The van der Waals surface area contributed by atoms with Gasteiger partial charge in [0.1, 0.15) is 0 Å². The van der Waals surface area contributed by atoms with Crippen LogP contribution >= 0.6 is 0 Å². The third-order valence-corrected chi connectivity index (χ3v) is 3.22. The minimum absolute atomic E-state index is 0.223. The minimum Gasteiger partial charge on any atom is -0.351 e. The van der Waals surface area contributed by atoms with Gasteiger partial charge in [-0.15, -0.1) is 0 Å². The van der Waals surface area contributed by atoms with Crippen molar-refractivity contribution in [2.45, 2.75) is 45.7 Å². The molecular weight excluding hydrogens is 174 g/mol. The van der Waals surface area contributed by atoms with Crippen LogP contribution in [0.4, 0.5) is 0 Å². The lowest BCUT2D eigenvalue weighted by atomic mass is 9.98. The Morgan fingerprint density at radius 1 is 1.50 bits per heavy atom. The molecule has 0 radical (unpaired) electrons. The molecule has 1 atom stereocenters. The van der Waals surface area contributed by atoms with Crippen molar-refractivity contribution < 1.29 is 0 Å². The van der Waals surface area contributed by atoms with Crippen molar-refractivity contribution in [2.75, 3.05) is 13.1 Å². The van der Waals surface area contributed by atoms with Gasteiger partial charge in [-0.1, -0.05) is 13.8 Å². The van der Waals surface area contributed by atoms with Crippen LogP contribution in [-0.4, -0.2) is 35.5 Å². The molecule has 3 heteroatoms. The summed E-state index contributed by atoms with van der Waals surface area (Å²) in [5.74, 6) is 1.78. The van der Waals surface area contributed by atoms with Crippen LogP contribution in [0.1, 0.15) is 34.1 Å². The molecule has 2 aliphatic rings. The summed E-state index contributed by atoms with van der Waals surface area (Å²) in [6, 6.07) is 0.492. The summed E-state index contributed by atoms with van der Waals surface area (Å²) < 4.78 is 0. The molecule has 0 aromatic rings. The second-order valence-corrected chi connectivity index (χ2v) is 5.47. The summed E-state index contributed by atoms with van der Waals surface area (Å²) in [6.45, 7) is 11.2. The van der Waals surface area contributed by atoms with Gasteiger partial charge in [0.15, 0.2) is 5.96 Å². The van der Waals surface area contributed by atoms with Crippen LogP contribution in [-0.2, 0) is 0 Å². The van der Waals surface area contributed by atoms with Gasteiger partial charge in [-0.2, -0.15) is 0 Å². The zero-order valence-electron chi connectivity index (χ0n) is 9.67. The van der Waals surface area contributed by atoms with Gasteiger partial charge in [0.05, 0.1) is 6.04 Å². The molecule has 0 aliphatic carbocycles. The Labute approximate surface area is 86.6 Å².